The molecule has 0 radical (unpaired) electrons. The van der Waals surface area contributed by atoms with Gasteiger partial charge in [0.05, 0.1) is 5.56 Å². The van der Waals surface area contributed by atoms with E-state index in [4.69, 9.17) is 5.84 Å². The first-order chi connectivity index (χ1) is 8.25. The number of nitrogens with two attached hydrogens (primary N) is 1. The number of amidine groups is 1. The van der Waals surface area contributed by atoms with Crippen molar-refractivity contribution in [3.8, 4) is 0 Å². The summed E-state index contributed by atoms with van der Waals surface area (Å²) in [5, 5.41) is 0. The van der Waals surface area contributed by atoms with Crippen LogP contribution in [0, 0.1) is 0 Å². The average Bonchev–Trinajstić information content (AvgIpc) is 2.25. The maximum atomic E-state index is 12.6. The van der Waals surface area contributed by atoms with E-state index in [9.17, 15) is 13.2 Å². The van der Waals surface area contributed by atoms with Crippen molar-refractivity contribution in [1.82, 2.24) is 5.43 Å². The molecule has 1 aromatic carbocycles. The zero-order chi connectivity index (χ0) is 13.9. The molecule has 0 amide bonds. The molecule has 0 aromatic heterocycles. The van der Waals surface area contributed by atoms with Crippen molar-refractivity contribution in [3.63, 3.8) is 0 Å². The Bertz CT molecular complexity index is 455. The summed E-state index contributed by atoms with van der Waals surface area (Å²) in [7, 11) is 0. The first kappa shape index (κ1) is 15.0. The molecule has 0 atom stereocenters. The van der Waals surface area contributed by atoms with Crippen LogP contribution in [0.1, 0.15) is 25.0 Å². The lowest BCUT2D eigenvalue weighted by molar-refractivity contribution is -0.137. The number of hydrogen-bond acceptors (Lipinski definition) is 2. The lowest BCUT2D eigenvalue weighted by Crippen LogP contribution is -2.32. The highest BCUT2D eigenvalue weighted by Gasteiger charge is 2.31. The molecule has 7 heteroatoms. The molecule has 3 N–H and O–H groups in total. The fourth-order valence-corrected chi connectivity index (χ4v) is 1.76. The van der Waals surface area contributed by atoms with E-state index in [-0.39, 0.29) is 17.4 Å². The predicted octanol–water partition coefficient (Wildman–Crippen LogP) is 3.09. The normalized spacial score (nSPS) is 13.0. The molecule has 18 heavy (non-hydrogen) atoms. The van der Waals surface area contributed by atoms with Crippen molar-refractivity contribution in [1.29, 1.82) is 0 Å². The van der Waals surface area contributed by atoms with Gasteiger partial charge in [0.25, 0.3) is 0 Å². The van der Waals surface area contributed by atoms with Gasteiger partial charge in [0.1, 0.15) is 5.84 Å². The van der Waals surface area contributed by atoms with E-state index >= 15 is 0 Å². The minimum atomic E-state index is -4.40. The summed E-state index contributed by atoms with van der Waals surface area (Å²) in [6.45, 7) is 3.61. The Morgan fingerprint density at radius 2 is 2.00 bits per heavy atom. The fourth-order valence-electron chi connectivity index (χ4n) is 1.33. The van der Waals surface area contributed by atoms with Crippen molar-refractivity contribution in [3.05, 3.63) is 33.8 Å². The number of nitrogens with one attached hydrogen (secondary N) is 1. The number of benzene rings is 1. The molecular formula is C11H13BrF3N3. The number of rotatable bonds is 2. The highest BCUT2D eigenvalue weighted by atomic mass is 79.9. The van der Waals surface area contributed by atoms with Crippen LogP contribution in [-0.4, -0.2) is 11.9 Å². The number of aliphatic imine (C=N–C) groups is 1. The van der Waals surface area contributed by atoms with Crippen LogP contribution in [0.25, 0.3) is 0 Å². The lowest BCUT2D eigenvalue weighted by atomic mass is 10.1. The third-order valence-electron chi connectivity index (χ3n) is 2.07. The Kier molecular flexibility index (Phi) is 4.75. The van der Waals surface area contributed by atoms with Crippen LogP contribution in [-0.2, 0) is 6.18 Å². The molecule has 0 bridgehead atoms. The van der Waals surface area contributed by atoms with E-state index in [1.165, 1.54) is 6.07 Å². The van der Waals surface area contributed by atoms with Crippen molar-refractivity contribution < 1.29 is 13.2 Å². The third-order valence-corrected chi connectivity index (χ3v) is 2.76. The average molecular weight is 324 g/mol. The number of hydrogen-bond donors (Lipinski definition) is 2. The Morgan fingerprint density at radius 3 is 2.44 bits per heavy atom. The predicted molar refractivity (Wildman–Crippen MR) is 68.1 cm³/mol. The Hall–Kier alpha value is -1.08. The highest BCUT2D eigenvalue weighted by Crippen LogP contribution is 2.31. The van der Waals surface area contributed by atoms with Gasteiger partial charge in [0, 0.05) is 16.1 Å². The monoisotopic (exact) mass is 323 g/mol. The molecule has 0 heterocycles. The summed E-state index contributed by atoms with van der Waals surface area (Å²) < 4.78 is 38.4. The van der Waals surface area contributed by atoms with Crippen molar-refractivity contribution in [2.24, 2.45) is 10.8 Å². The largest absolute Gasteiger partial charge is 0.416 e. The van der Waals surface area contributed by atoms with Gasteiger partial charge < -0.3 is 5.43 Å². The first-order valence-corrected chi connectivity index (χ1v) is 5.96. The van der Waals surface area contributed by atoms with E-state index < -0.39 is 11.7 Å². The molecule has 0 saturated carbocycles. The number of hydrazine groups is 1. The molecule has 0 saturated heterocycles. The Morgan fingerprint density at radius 1 is 1.39 bits per heavy atom. The van der Waals surface area contributed by atoms with Gasteiger partial charge in [-0.2, -0.15) is 13.2 Å². The van der Waals surface area contributed by atoms with Gasteiger partial charge in [-0.25, -0.2) is 5.84 Å². The van der Waals surface area contributed by atoms with E-state index in [2.05, 4.69) is 26.3 Å². The van der Waals surface area contributed by atoms with Crippen LogP contribution in [0.5, 0.6) is 0 Å². The number of alkyl halides is 3. The van der Waals surface area contributed by atoms with Crippen molar-refractivity contribution in [2.75, 3.05) is 0 Å². The molecule has 0 spiro atoms. The van der Waals surface area contributed by atoms with Gasteiger partial charge >= 0.3 is 6.18 Å². The van der Waals surface area contributed by atoms with E-state index in [0.717, 1.165) is 12.1 Å². The van der Waals surface area contributed by atoms with Gasteiger partial charge in [-0.15, -0.1) is 0 Å². The van der Waals surface area contributed by atoms with Gasteiger partial charge in [-0.1, -0.05) is 15.9 Å². The maximum Gasteiger partial charge on any atom is 0.416 e. The van der Waals surface area contributed by atoms with Crippen LogP contribution in [0.3, 0.4) is 0 Å². The van der Waals surface area contributed by atoms with Crippen molar-refractivity contribution >= 4 is 21.8 Å². The molecule has 0 aliphatic heterocycles. The molecule has 0 unspecified atom stereocenters. The van der Waals surface area contributed by atoms with Gasteiger partial charge in [-0.05, 0) is 32.0 Å². The summed E-state index contributed by atoms with van der Waals surface area (Å²) in [5.74, 6) is 5.51. The number of halogens is 4. The van der Waals surface area contributed by atoms with E-state index in [1.54, 1.807) is 13.8 Å². The molecule has 100 valence electrons. The molecule has 0 fully saturated rings. The second kappa shape index (κ2) is 5.71. The minimum Gasteiger partial charge on any atom is -0.308 e. The Labute approximate surface area is 111 Å². The van der Waals surface area contributed by atoms with E-state index in [0.29, 0.717) is 4.47 Å². The van der Waals surface area contributed by atoms with Gasteiger partial charge in [0.2, 0.25) is 0 Å². The molecule has 0 aliphatic carbocycles. The number of nitrogens with zero attached hydrogens (tertiary/aromatic N) is 1. The minimum absolute atomic E-state index is 0.0857. The first-order valence-electron chi connectivity index (χ1n) is 5.17. The summed E-state index contributed by atoms with van der Waals surface area (Å²) in [6.07, 6.45) is -4.40. The molecule has 0 aliphatic rings. The van der Waals surface area contributed by atoms with Crippen LogP contribution >= 0.6 is 15.9 Å². The highest BCUT2D eigenvalue weighted by molar-refractivity contribution is 9.10. The molecule has 1 aromatic rings. The third kappa shape index (κ3) is 3.71. The summed E-state index contributed by atoms with van der Waals surface area (Å²) in [6, 6.07) is 3.24. The molecular weight excluding hydrogens is 311 g/mol. The quantitative estimate of drug-likeness (QED) is 0.380. The maximum absolute atomic E-state index is 12.6. The smallest absolute Gasteiger partial charge is 0.308 e. The van der Waals surface area contributed by atoms with Crippen LogP contribution in [0.4, 0.5) is 13.2 Å². The van der Waals surface area contributed by atoms with Gasteiger partial charge in [-0.3, -0.25) is 4.99 Å². The summed E-state index contributed by atoms with van der Waals surface area (Å²) in [4.78, 5) is 4.13. The second-order valence-corrected chi connectivity index (χ2v) is 4.76. The van der Waals surface area contributed by atoms with Crippen LogP contribution in [0.2, 0.25) is 0 Å². The van der Waals surface area contributed by atoms with E-state index in [1.807, 2.05) is 0 Å². The Balaban J connectivity index is 3.30. The second-order valence-electron chi connectivity index (χ2n) is 3.91. The summed E-state index contributed by atoms with van der Waals surface area (Å²) >= 11 is 3.18. The molecule has 3 nitrogen and oxygen atoms in total. The van der Waals surface area contributed by atoms with Crippen molar-refractivity contribution in [2.45, 2.75) is 26.1 Å². The van der Waals surface area contributed by atoms with Gasteiger partial charge in [0.15, 0.2) is 0 Å². The summed E-state index contributed by atoms with van der Waals surface area (Å²) in [5.41, 5.74) is 1.86. The topological polar surface area (TPSA) is 50.4 Å². The van der Waals surface area contributed by atoms with Crippen LogP contribution < -0.4 is 11.3 Å². The lowest BCUT2D eigenvalue weighted by Gasteiger charge is -2.13. The zero-order valence-electron chi connectivity index (χ0n) is 9.85. The zero-order valence-corrected chi connectivity index (χ0v) is 11.4. The standard InChI is InChI=1S/C11H13BrF3N3/c1-6(2)17-10(18-16)8-5-7(11(13,14)15)3-4-9(8)12/h3-6H,16H2,1-2H3,(H,17,18). The fraction of sp³-hybridized carbons (Fsp3) is 0.364. The van der Waals surface area contributed by atoms with Crippen LogP contribution in [0.15, 0.2) is 27.7 Å². The molecule has 1 rings (SSSR count). The SMILES string of the molecule is CC(C)N=C(NN)c1cc(C(F)(F)F)ccc1Br.